The molecule has 0 N–H and O–H groups in total. The molecule has 0 aliphatic heterocycles. The Hall–Kier alpha value is -7.86. The lowest BCUT2D eigenvalue weighted by molar-refractivity contribution is 1.28. The van der Waals surface area contributed by atoms with Gasteiger partial charge in [-0.1, -0.05) is 157 Å². The molecule has 0 spiro atoms. The number of aryl methyl sites for hydroxylation is 2. The van der Waals surface area contributed by atoms with E-state index in [0.29, 0.717) is 0 Å². The summed E-state index contributed by atoms with van der Waals surface area (Å²) in [4.78, 5) is 4.73. The maximum Gasteiger partial charge on any atom is 0.0540 e. The Morgan fingerprint density at radius 3 is 1.42 bits per heavy atom. The third-order valence-corrected chi connectivity index (χ3v) is 11.5. The first-order valence-corrected chi connectivity index (χ1v) is 20.5. The molecule has 0 aliphatic rings. The Labute approximate surface area is 352 Å². The molecule has 10 aromatic rings. The summed E-state index contributed by atoms with van der Waals surface area (Å²) >= 11 is 0. The van der Waals surface area contributed by atoms with Crippen molar-refractivity contribution < 1.29 is 0 Å². The van der Waals surface area contributed by atoms with Gasteiger partial charge in [0.15, 0.2) is 0 Å². The van der Waals surface area contributed by atoms with Crippen molar-refractivity contribution >= 4 is 55.7 Å². The van der Waals surface area contributed by atoms with E-state index in [1.54, 1.807) is 0 Å². The van der Waals surface area contributed by atoms with Crippen LogP contribution in [0.2, 0.25) is 0 Å². The van der Waals surface area contributed by atoms with Gasteiger partial charge in [-0.25, -0.2) is 0 Å². The maximum atomic E-state index is 3.10. The molecule has 0 saturated heterocycles. The number of benzene rings is 9. The van der Waals surface area contributed by atoms with E-state index >= 15 is 0 Å². The summed E-state index contributed by atoms with van der Waals surface area (Å²) in [6.45, 7) is 4.28. The average Bonchev–Trinajstić information content (AvgIpc) is 3.31. The van der Waals surface area contributed by atoms with Gasteiger partial charge in [-0.3, -0.25) is 0 Å². The van der Waals surface area contributed by atoms with E-state index in [9.17, 15) is 0 Å². The van der Waals surface area contributed by atoms with Crippen LogP contribution in [-0.4, -0.2) is 0 Å². The van der Waals surface area contributed by atoms with Crippen LogP contribution in [0.15, 0.2) is 218 Å². The maximum absolute atomic E-state index is 3.10. The monoisotopic (exact) mass is 766 g/mol. The van der Waals surface area contributed by atoms with Gasteiger partial charge < -0.3 is 9.80 Å². The number of fused-ring (bicyclic) bond motifs is 3. The third-order valence-electron chi connectivity index (χ3n) is 11.5. The zero-order valence-corrected chi connectivity index (χ0v) is 33.7. The van der Waals surface area contributed by atoms with Crippen LogP contribution in [0.1, 0.15) is 11.1 Å². The standard InChI is InChI=1S/C58H42N2/c1-41-17-28-52(29-18-41)60(53-30-19-42(2)20-31-53)57-40-39-55(58-54-16-10-9-15-47(54)27-38-56(57)58)48-25-36-51(37-26-48)59(49-32-21-45(22-33-49)43-11-5-3-6-12-43)50-34-23-46(24-35-50)44-13-7-4-8-14-44/h3,5-7,9-40H,1-2H3. The number of nitrogens with zero attached hydrogens (tertiary/aromatic N) is 2. The summed E-state index contributed by atoms with van der Waals surface area (Å²) in [5.74, 6) is 0. The molecule has 10 aromatic carbocycles. The Bertz CT molecular complexity index is 2920. The quantitative estimate of drug-likeness (QED) is 0.135. The molecule has 2 heteroatoms. The van der Waals surface area contributed by atoms with Crippen molar-refractivity contribution in [3.05, 3.63) is 242 Å². The molecule has 10 rings (SSSR count). The van der Waals surface area contributed by atoms with E-state index in [-0.39, 0.29) is 0 Å². The Morgan fingerprint density at radius 1 is 0.333 bits per heavy atom. The van der Waals surface area contributed by atoms with Crippen LogP contribution in [0.25, 0.3) is 54.9 Å². The summed E-state index contributed by atoms with van der Waals surface area (Å²) in [6.07, 6.45) is 0. The molecule has 0 fully saturated rings. The number of hydrogen-bond acceptors (Lipinski definition) is 2. The second-order valence-corrected chi connectivity index (χ2v) is 15.4. The minimum absolute atomic E-state index is 1.08. The fourth-order valence-electron chi connectivity index (χ4n) is 8.36. The number of rotatable bonds is 9. The Kier molecular flexibility index (Phi) is 9.62. The SMILES string of the molecule is Cc1ccc(N(c2ccc(C)cc2)c2ccc(-c3ccc(N(c4ccc(-c5cc#ccc5)cc4)c4ccc(-c5ccccc5)cc4)cc3)c3c2ccc2ccccc23)cc1. The van der Waals surface area contributed by atoms with Crippen molar-refractivity contribution in [2.75, 3.05) is 9.80 Å². The molecule has 0 aliphatic carbocycles. The molecule has 284 valence electrons. The highest BCUT2D eigenvalue weighted by atomic mass is 15.1. The van der Waals surface area contributed by atoms with Gasteiger partial charge >= 0.3 is 0 Å². The van der Waals surface area contributed by atoms with Gasteiger partial charge in [0.05, 0.1) is 5.69 Å². The van der Waals surface area contributed by atoms with Crippen LogP contribution >= 0.6 is 0 Å². The van der Waals surface area contributed by atoms with Crippen molar-refractivity contribution in [2.24, 2.45) is 0 Å². The predicted octanol–water partition coefficient (Wildman–Crippen LogP) is 16.2. The van der Waals surface area contributed by atoms with Crippen LogP contribution in [0.5, 0.6) is 0 Å². The lowest BCUT2D eigenvalue weighted by Crippen LogP contribution is -2.11. The van der Waals surface area contributed by atoms with Crippen molar-refractivity contribution in [1.82, 2.24) is 0 Å². The van der Waals surface area contributed by atoms with E-state index in [1.807, 2.05) is 12.1 Å². The van der Waals surface area contributed by atoms with E-state index in [0.717, 1.165) is 50.8 Å². The zero-order chi connectivity index (χ0) is 40.4. The second-order valence-electron chi connectivity index (χ2n) is 15.4. The highest BCUT2D eigenvalue weighted by Crippen LogP contribution is 2.45. The van der Waals surface area contributed by atoms with Gasteiger partial charge in [0, 0.05) is 33.8 Å². The van der Waals surface area contributed by atoms with E-state index in [2.05, 4.69) is 242 Å². The zero-order valence-electron chi connectivity index (χ0n) is 33.7. The van der Waals surface area contributed by atoms with Gasteiger partial charge in [-0.15, -0.1) is 0 Å². The summed E-state index contributed by atoms with van der Waals surface area (Å²) < 4.78 is 0. The largest absolute Gasteiger partial charge is 0.311 e. The topological polar surface area (TPSA) is 6.48 Å². The number of hydrogen-bond donors (Lipinski definition) is 0. The fraction of sp³-hybridized carbons (Fsp3) is 0.0345. The van der Waals surface area contributed by atoms with Crippen LogP contribution in [0.4, 0.5) is 34.1 Å². The third kappa shape index (κ3) is 7.04. The fourth-order valence-corrected chi connectivity index (χ4v) is 8.36. The summed E-state index contributed by atoms with van der Waals surface area (Å²) in [6, 6.07) is 85.0. The first-order valence-electron chi connectivity index (χ1n) is 20.5. The Morgan fingerprint density at radius 2 is 0.833 bits per heavy atom. The van der Waals surface area contributed by atoms with Crippen molar-refractivity contribution in [3.63, 3.8) is 0 Å². The molecule has 2 nitrogen and oxygen atoms in total. The van der Waals surface area contributed by atoms with Gasteiger partial charge in [-0.05, 0) is 148 Å². The highest BCUT2D eigenvalue weighted by molar-refractivity contribution is 6.18. The van der Waals surface area contributed by atoms with E-state index < -0.39 is 0 Å². The molecule has 0 amide bonds. The molecular weight excluding hydrogens is 725 g/mol. The van der Waals surface area contributed by atoms with Crippen LogP contribution < -0.4 is 9.80 Å². The molecule has 60 heavy (non-hydrogen) atoms. The lowest BCUT2D eigenvalue weighted by atomic mass is 9.92. The highest BCUT2D eigenvalue weighted by Gasteiger charge is 2.20. The molecule has 0 saturated carbocycles. The number of anilines is 6. The summed E-state index contributed by atoms with van der Waals surface area (Å²) in [7, 11) is 0. The van der Waals surface area contributed by atoms with Crippen molar-refractivity contribution in [1.29, 1.82) is 0 Å². The predicted molar refractivity (Wildman–Crippen MR) is 254 cm³/mol. The first kappa shape index (κ1) is 36.5. The van der Waals surface area contributed by atoms with Gasteiger partial charge in [-0.2, -0.15) is 0 Å². The smallest absolute Gasteiger partial charge is 0.0540 e. The summed E-state index contributed by atoms with van der Waals surface area (Å²) in [5.41, 5.74) is 16.1. The molecule has 0 atom stereocenters. The minimum Gasteiger partial charge on any atom is -0.311 e. The van der Waals surface area contributed by atoms with Crippen LogP contribution in [0, 0.1) is 26.0 Å². The Balaban J connectivity index is 1.09. The molecule has 0 unspecified atom stereocenters. The molecule has 0 heterocycles. The lowest BCUT2D eigenvalue weighted by Gasteiger charge is -2.28. The molecule has 0 bridgehead atoms. The normalized spacial score (nSPS) is 11.0. The van der Waals surface area contributed by atoms with Crippen LogP contribution in [0.3, 0.4) is 0 Å². The van der Waals surface area contributed by atoms with E-state index in [4.69, 9.17) is 0 Å². The van der Waals surface area contributed by atoms with Gasteiger partial charge in [0.2, 0.25) is 0 Å². The molecule has 0 aromatic heterocycles. The second kappa shape index (κ2) is 15.8. The van der Waals surface area contributed by atoms with Crippen molar-refractivity contribution in [2.45, 2.75) is 13.8 Å². The molecular formula is C58H42N2. The summed E-state index contributed by atoms with van der Waals surface area (Å²) in [5, 5.41) is 4.89. The average molecular weight is 767 g/mol. The van der Waals surface area contributed by atoms with Crippen LogP contribution in [-0.2, 0) is 0 Å². The van der Waals surface area contributed by atoms with Gasteiger partial charge in [0.25, 0.3) is 0 Å². The molecule has 0 radical (unpaired) electrons. The van der Waals surface area contributed by atoms with Gasteiger partial charge in [0.1, 0.15) is 0 Å². The minimum atomic E-state index is 1.08. The van der Waals surface area contributed by atoms with Crippen molar-refractivity contribution in [3.8, 4) is 33.4 Å². The first-order chi connectivity index (χ1) is 29.6. The van der Waals surface area contributed by atoms with E-state index in [1.165, 1.54) is 49.4 Å².